The van der Waals surface area contributed by atoms with E-state index in [2.05, 4.69) is 0 Å². The molecule has 7 heteroatoms. The Kier molecular flexibility index (Phi) is 8.95. The largest absolute Gasteiger partial charge is 0.493 e. The number of ether oxygens (including phenoxy) is 3. The molecule has 3 aromatic carbocycles. The number of carbonyl (C=O) groups is 1. The number of hydrogen-bond acceptors (Lipinski definition) is 4. The number of carboxylic acid groups (broad SMARTS) is 1. The quantitative estimate of drug-likeness (QED) is 0.294. The van der Waals surface area contributed by atoms with E-state index in [0.717, 1.165) is 11.3 Å². The summed E-state index contributed by atoms with van der Waals surface area (Å²) < 4.78 is 30.1. The lowest BCUT2D eigenvalue weighted by Gasteiger charge is -2.12. The van der Waals surface area contributed by atoms with Gasteiger partial charge in [-0.1, -0.05) is 30.7 Å². The number of benzene rings is 3. The summed E-state index contributed by atoms with van der Waals surface area (Å²) in [4.78, 5) is 11.2. The van der Waals surface area contributed by atoms with Gasteiger partial charge in [0, 0.05) is 12.5 Å². The SMILES string of the molecule is CCC(Cc1ccc(OCCCOc2ccc(Oc3ccc(F)cc3)cc2Cl)cc1)C(=O)O. The van der Waals surface area contributed by atoms with Gasteiger partial charge in [-0.3, -0.25) is 4.79 Å². The third-order valence-electron chi connectivity index (χ3n) is 5.02. The van der Waals surface area contributed by atoms with E-state index < -0.39 is 5.97 Å². The van der Waals surface area contributed by atoms with Crippen molar-refractivity contribution in [1.82, 2.24) is 0 Å². The molecule has 0 saturated heterocycles. The molecule has 0 aliphatic rings. The Morgan fingerprint density at radius 1 is 0.939 bits per heavy atom. The Labute approximate surface area is 197 Å². The molecule has 0 amide bonds. The van der Waals surface area contributed by atoms with Crippen molar-refractivity contribution in [3.05, 3.63) is 83.1 Å². The first-order valence-electron chi connectivity index (χ1n) is 10.7. The Balaban J connectivity index is 1.40. The first-order valence-corrected chi connectivity index (χ1v) is 11.1. The summed E-state index contributed by atoms with van der Waals surface area (Å²) >= 11 is 6.28. The molecule has 3 aromatic rings. The molecule has 0 radical (unpaired) electrons. The van der Waals surface area contributed by atoms with Gasteiger partial charge in [-0.15, -0.1) is 0 Å². The normalized spacial score (nSPS) is 11.6. The van der Waals surface area contributed by atoms with Crippen LogP contribution < -0.4 is 14.2 Å². The van der Waals surface area contributed by atoms with Gasteiger partial charge >= 0.3 is 5.97 Å². The molecule has 0 aliphatic carbocycles. The van der Waals surface area contributed by atoms with Crippen LogP contribution >= 0.6 is 11.6 Å². The van der Waals surface area contributed by atoms with Gasteiger partial charge in [0.15, 0.2) is 0 Å². The van der Waals surface area contributed by atoms with E-state index in [1.54, 1.807) is 30.3 Å². The molecule has 1 N–H and O–H groups in total. The Morgan fingerprint density at radius 2 is 1.58 bits per heavy atom. The van der Waals surface area contributed by atoms with Gasteiger partial charge in [0.1, 0.15) is 28.8 Å². The molecule has 1 atom stereocenters. The molecule has 5 nitrogen and oxygen atoms in total. The molecule has 0 bridgehead atoms. The van der Waals surface area contributed by atoms with Crippen LogP contribution in [0.3, 0.4) is 0 Å². The maximum absolute atomic E-state index is 13.0. The lowest BCUT2D eigenvalue weighted by Crippen LogP contribution is -2.15. The number of hydrogen-bond donors (Lipinski definition) is 1. The molecule has 174 valence electrons. The molecular formula is C26H26ClFO5. The average molecular weight is 473 g/mol. The molecule has 0 spiro atoms. The average Bonchev–Trinajstić information content (AvgIpc) is 2.80. The van der Waals surface area contributed by atoms with E-state index in [4.69, 9.17) is 25.8 Å². The maximum Gasteiger partial charge on any atom is 0.306 e. The summed E-state index contributed by atoms with van der Waals surface area (Å²) in [6.45, 7) is 2.77. The Morgan fingerprint density at radius 3 is 2.21 bits per heavy atom. The third kappa shape index (κ3) is 7.68. The van der Waals surface area contributed by atoms with Crippen LogP contribution in [0, 0.1) is 11.7 Å². The molecule has 0 saturated carbocycles. The highest BCUT2D eigenvalue weighted by Gasteiger charge is 2.15. The second-order valence-corrected chi connectivity index (χ2v) is 7.90. The third-order valence-corrected chi connectivity index (χ3v) is 5.31. The van der Waals surface area contributed by atoms with E-state index in [1.807, 2.05) is 31.2 Å². The summed E-state index contributed by atoms with van der Waals surface area (Å²) in [7, 11) is 0. The van der Waals surface area contributed by atoms with Crippen molar-refractivity contribution >= 4 is 17.6 Å². The zero-order valence-electron chi connectivity index (χ0n) is 18.3. The van der Waals surface area contributed by atoms with Crippen molar-refractivity contribution in [2.45, 2.75) is 26.2 Å². The van der Waals surface area contributed by atoms with Gasteiger partial charge in [-0.05, 0) is 66.9 Å². The molecule has 0 heterocycles. The lowest BCUT2D eigenvalue weighted by atomic mass is 9.97. The van der Waals surface area contributed by atoms with Gasteiger partial charge < -0.3 is 19.3 Å². The van der Waals surface area contributed by atoms with Crippen LogP contribution in [0.5, 0.6) is 23.0 Å². The van der Waals surface area contributed by atoms with Crippen LogP contribution in [0.15, 0.2) is 66.7 Å². The van der Waals surface area contributed by atoms with Gasteiger partial charge in [-0.25, -0.2) is 4.39 Å². The van der Waals surface area contributed by atoms with Gasteiger partial charge in [0.05, 0.1) is 24.2 Å². The predicted octanol–water partition coefficient (Wildman–Crippen LogP) is 6.77. The monoisotopic (exact) mass is 472 g/mol. The standard InChI is InChI=1S/C26H26ClFO5/c1-2-19(26(29)30)16-18-4-8-21(9-5-18)31-14-3-15-32-25-13-12-23(17-24(25)27)33-22-10-6-20(28)7-11-22/h4-13,17,19H,2-3,14-16H2,1H3,(H,29,30). The summed E-state index contributed by atoms with van der Waals surface area (Å²) in [5.41, 5.74) is 0.974. The highest BCUT2D eigenvalue weighted by Crippen LogP contribution is 2.31. The van der Waals surface area contributed by atoms with Crippen molar-refractivity contribution in [2.75, 3.05) is 13.2 Å². The molecule has 0 fully saturated rings. The van der Waals surface area contributed by atoms with Crippen LogP contribution in [0.1, 0.15) is 25.3 Å². The molecule has 0 aromatic heterocycles. The van der Waals surface area contributed by atoms with Gasteiger partial charge in [0.2, 0.25) is 0 Å². The highest BCUT2D eigenvalue weighted by molar-refractivity contribution is 6.32. The van der Waals surface area contributed by atoms with E-state index in [-0.39, 0.29) is 11.7 Å². The fourth-order valence-corrected chi connectivity index (χ4v) is 3.37. The van der Waals surface area contributed by atoms with E-state index in [1.165, 1.54) is 12.1 Å². The zero-order chi connectivity index (χ0) is 23.6. The van der Waals surface area contributed by atoms with Crippen LogP contribution in [-0.2, 0) is 11.2 Å². The predicted molar refractivity (Wildman–Crippen MR) is 125 cm³/mol. The Bertz CT molecular complexity index is 1040. The van der Waals surface area contributed by atoms with Gasteiger partial charge in [0.25, 0.3) is 0 Å². The maximum atomic E-state index is 13.0. The van der Waals surface area contributed by atoms with Crippen molar-refractivity contribution in [3.8, 4) is 23.0 Å². The summed E-state index contributed by atoms with van der Waals surface area (Å²) in [5.74, 6) is 0.833. The van der Waals surface area contributed by atoms with E-state index >= 15 is 0 Å². The summed E-state index contributed by atoms with van der Waals surface area (Å²) in [5, 5.41) is 9.59. The lowest BCUT2D eigenvalue weighted by molar-refractivity contribution is -0.141. The number of halogens is 2. The minimum absolute atomic E-state index is 0.328. The van der Waals surface area contributed by atoms with Crippen LogP contribution in [0.2, 0.25) is 5.02 Å². The number of aliphatic carboxylic acids is 1. The fraction of sp³-hybridized carbons (Fsp3) is 0.269. The molecule has 3 rings (SSSR count). The van der Waals surface area contributed by atoms with Crippen molar-refractivity contribution in [3.63, 3.8) is 0 Å². The summed E-state index contributed by atoms with van der Waals surface area (Å²) in [6, 6.07) is 18.3. The van der Waals surface area contributed by atoms with Crippen LogP contribution in [0.25, 0.3) is 0 Å². The summed E-state index contributed by atoms with van der Waals surface area (Å²) in [6.07, 6.45) is 1.76. The molecule has 0 aliphatic heterocycles. The molecular weight excluding hydrogens is 447 g/mol. The molecule has 1 unspecified atom stereocenters. The van der Waals surface area contributed by atoms with E-state index in [9.17, 15) is 14.3 Å². The zero-order valence-corrected chi connectivity index (χ0v) is 19.1. The van der Waals surface area contributed by atoms with E-state index in [0.29, 0.717) is 54.7 Å². The van der Waals surface area contributed by atoms with Crippen molar-refractivity contribution < 1.29 is 28.5 Å². The minimum atomic E-state index is -0.770. The minimum Gasteiger partial charge on any atom is -0.493 e. The second-order valence-electron chi connectivity index (χ2n) is 7.49. The highest BCUT2D eigenvalue weighted by atomic mass is 35.5. The van der Waals surface area contributed by atoms with Crippen molar-refractivity contribution in [1.29, 1.82) is 0 Å². The second kappa shape index (κ2) is 12.1. The van der Waals surface area contributed by atoms with Gasteiger partial charge in [-0.2, -0.15) is 0 Å². The topological polar surface area (TPSA) is 65.0 Å². The smallest absolute Gasteiger partial charge is 0.306 e. The fourth-order valence-electron chi connectivity index (χ4n) is 3.14. The number of carboxylic acids is 1. The first kappa shape index (κ1) is 24.4. The van der Waals surface area contributed by atoms with Crippen molar-refractivity contribution in [2.24, 2.45) is 5.92 Å². The van der Waals surface area contributed by atoms with Crippen LogP contribution in [-0.4, -0.2) is 24.3 Å². The first-order chi connectivity index (χ1) is 15.9. The molecule has 33 heavy (non-hydrogen) atoms. The van der Waals surface area contributed by atoms with Crippen LogP contribution in [0.4, 0.5) is 4.39 Å². The Hall–Kier alpha value is -3.25. The number of rotatable bonds is 12.